The normalized spacial score (nSPS) is 24.2. The molecule has 1 atom stereocenters. The zero-order valence-electron chi connectivity index (χ0n) is 11.4. The first-order chi connectivity index (χ1) is 9.72. The van der Waals surface area contributed by atoms with Crippen LogP contribution in [0.25, 0.3) is 0 Å². The summed E-state index contributed by atoms with van der Waals surface area (Å²) in [4.78, 5) is 17.9. The van der Waals surface area contributed by atoms with Crippen LogP contribution in [-0.4, -0.2) is 54.6 Å². The van der Waals surface area contributed by atoms with E-state index in [4.69, 9.17) is 16.3 Å². The standard InChI is InChI=1S/C14H19ClN2O2S/c15-13-4-3-11(20-13)10-16-5-7-17(8-6-16)14(18)12-2-1-9-19-12/h3-4,12H,1-2,5-10H2. The Balaban J connectivity index is 1.48. The van der Waals surface area contributed by atoms with Crippen LogP contribution in [0.2, 0.25) is 4.34 Å². The highest BCUT2D eigenvalue weighted by molar-refractivity contribution is 7.16. The van der Waals surface area contributed by atoms with Gasteiger partial charge in [0.05, 0.1) is 4.34 Å². The van der Waals surface area contributed by atoms with E-state index in [0.717, 1.165) is 56.5 Å². The predicted molar refractivity (Wildman–Crippen MR) is 80.2 cm³/mol. The number of ether oxygens (including phenoxy) is 1. The Morgan fingerprint density at radius 3 is 2.75 bits per heavy atom. The minimum atomic E-state index is -0.183. The molecule has 6 heteroatoms. The molecule has 2 saturated heterocycles. The van der Waals surface area contributed by atoms with E-state index in [-0.39, 0.29) is 12.0 Å². The predicted octanol–water partition coefficient (Wildman–Crippen LogP) is 2.22. The highest BCUT2D eigenvalue weighted by atomic mass is 35.5. The topological polar surface area (TPSA) is 32.8 Å². The Hall–Kier alpha value is -0.620. The van der Waals surface area contributed by atoms with Gasteiger partial charge in [0.2, 0.25) is 0 Å². The lowest BCUT2D eigenvalue weighted by Gasteiger charge is -2.35. The molecule has 0 aromatic carbocycles. The van der Waals surface area contributed by atoms with Gasteiger partial charge >= 0.3 is 0 Å². The lowest BCUT2D eigenvalue weighted by molar-refractivity contribution is -0.142. The lowest BCUT2D eigenvalue weighted by Crippen LogP contribution is -2.50. The quantitative estimate of drug-likeness (QED) is 0.857. The van der Waals surface area contributed by atoms with Gasteiger partial charge in [0.1, 0.15) is 6.10 Å². The Bertz CT molecular complexity index is 465. The maximum Gasteiger partial charge on any atom is 0.251 e. The number of amides is 1. The van der Waals surface area contributed by atoms with Gasteiger partial charge in [-0.05, 0) is 25.0 Å². The summed E-state index contributed by atoms with van der Waals surface area (Å²) in [6.45, 7) is 5.12. The van der Waals surface area contributed by atoms with E-state index in [9.17, 15) is 4.79 Å². The first-order valence-corrected chi connectivity index (χ1v) is 8.29. The van der Waals surface area contributed by atoms with Crippen LogP contribution in [0.15, 0.2) is 12.1 Å². The van der Waals surface area contributed by atoms with Gasteiger partial charge in [-0.3, -0.25) is 9.69 Å². The molecule has 1 aromatic heterocycles. The van der Waals surface area contributed by atoms with Crippen LogP contribution in [0.5, 0.6) is 0 Å². The number of rotatable bonds is 3. The van der Waals surface area contributed by atoms with Crippen molar-refractivity contribution in [2.75, 3.05) is 32.8 Å². The first kappa shape index (κ1) is 14.3. The number of carbonyl (C=O) groups excluding carboxylic acids is 1. The molecule has 0 radical (unpaired) electrons. The molecule has 0 spiro atoms. The summed E-state index contributed by atoms with van der Waals surface area (Å²) in [5.41, 5.74) is 0. The molecule has 2 fully saturated rings. The third-order valence-electron chi connectivity index (χ3n) is 3.90. The summed E-state index contributed by atoms with van der Waals surface area (Å²) in [7, 11) is 0. The zero-order chi connectivity index (χ0) is 13.9. The lowest BCUT2D eigenvalue weighted by atomic mass is 10.2. The molecule has 20 heavy (non-hydrogen) atoms. The van der Waals surface area contributed by atoms with Gasteiger partial charge < -0.3 is 9.64 Å². The Kier molecular flexibility index (Phi) is 4.61. The average molecular weight is 315 g/mol. The van der Waals surface area contributed by atoms with E-state index in [0.29, 0.717) is 0 Å². The summed E-state index contributed by atoms with van der Waals surface area (Å²) in [6, 6.07) is 4.02. The van der Waals surface area contributed by atoms with Gasteiger partial charge in [0.15, 0.2) is 0 Å². The molecule has 1 aromatic rings. The van der Waals surface area contributed by atoms with Crippen LogP contribution in [-0.2, 0) is 16.1 Å². The number of thiophene rings is 1. The largest absolute Gasteiger partial charge is 0.368 e. The van der Waals surface area contributed by atoms with Crippen LogP contribution in [0, 0.1) is 0 Å². The molecule has 4 nitrogen and oxygen atoms in total. The van der Waals surface area contributed by atoms with Crippen molar-refractivity contribution in [3.63, 3.8) is 0 Å². The molecule has 110 valence electrons. The summed E-state index contributed by atoms with van der Waals surface area (Å²) >= 11 is 7.58. The van der Waals surface area contributed by atoms with E-state index in [2.05, 4.69) is 11.0 Å². The molecule has 0 aliphatic carbocycles. The van der Waals surface area contributed by atoms with Crippen molar-refractivity contribution >= 4 is 28.8 Å². The maximum atomic E-state index is 12.2. The van der Waals surface area contributed by atoms with Crippen LogP contribution in [0.3, 0.4) is 0 Å². The van der Waals surface area contributed by atoms with Gasteiger partial charge in [0.25, 0.3) is 5.91 Å². The van der Waals surface area contributed by atoms with E-state index < -0.39 is 0 Å². The molecule has 1 unspecified atom stereocenters. The summed E-state index contributed by atoms with van der Waals surface area (Å²) in [6.07, 6.45) is 1.71. The molecule has 2 aliphatic heterocycles. The smallest absolute Gasteiger partial charge is 0.251 e. The van der Waals surface area contributed by atoms with Crippen LogP contribution in [0.4, 0.5) is 0 Å². The van der Waals surface area contributed by atoms with Crippen molar-refractivity contribution < 1.29 is 9.53 Å². The van der Waals surface area contributed by atoms with Crippen molar-refractivity contribution in [1.29, 1.82) is 0 Å². The summed E-state index contributed by atoms with van der Waals surface area (Å²) in [5.74, 6) is 0.182. The minimum Gasteiger partial charge on any atom is -0.368 e. The van der Waals surface area contributed by atoms with E-state index in [1.54, 1.807) is 11.3 Å². The summed E-state index contributed by atoms with van der Waals surface area (Å²) in [5, 5.41) is 0. The van der Waals surface area contributed by atoms with Gasteiger partial charge in [-0.25, -0.2) is 0 Å². The highest BCUT2D eigenvalue weighted by Gasteiger charge is 2.30. The van der Waals surface area contributed by atoms with E-state index in [1.807, 2.05) is 11.0 Å². The fourth-order valence-electron chi connectivity index (χ4n) is 2.76. The van der Waals surface area contributed by atoms with E-state index in [1.165, 1.54) is 4.88 Å². The third-order valence-corrected chi connectivity index (χ3v) is 5.11. The molecule has 0 saturated carbocycles. The molecule has 0 bridgehead atoms. The van der Waals surface area contributed by atoms with Crippen molar-refractivity contribution in [2.45, 2.75) is 25.5 Å². The Morgan fingerprint density at radius 1 is 1.35 bits per heavy atom. The van der Waals surface area contributed by atoms with Gasteiger partial charge in [0, 0.05) is 44.2 Å². The van der Waals surface area contributed by atoms with Crippen LogP contribution in [0.1, 0.15) is 17.7 Å². The highest BCUT2D eigenvalue weighted by Crippen LogP contribution is 2.23. The van der Waals surface area contributed by atoms with Crippen LogP contribution >= 0.6 is 22.9 Å². The second-order valence-electron chi connectivity index (χ2n) is 5.31. The average Bonchev–Trinajstić information content (AvgIpc) is 3.11. The van der Waals surface area contributed by atoms with Crippen LogP contribution < -0.4 is 0 Å². The Labute approximate surface area is 128 Å². The molecule has 3 rings (SSSR count). The number of hydrogen-bond acceptors (Lipinski definition) is 4. The second-order valence-corrected chi connectivity index (χ2v) is 7.11. The zero-order valence-corrected chi connectivity index (χ0v) is 13.0. The maximum absolute atomic E-state index is 12.2. The fraction of sp³-hybridized carbons (Fsp3) is 0.643. The minimum absolute atomic E-state index is 0.182. The van der Waals surface area contributed by atoms with Crippen molar-refractivity contribution in [1.82, 2.24) is 9.80 Å². The number of carbonyl (C=O) groups is 1. The monoisotopic (exact) mass is 314 g/mol. The van der Waals surface area contributed by atoms with Gasteiger partial charge in [-0.15, -0.1) is 11.3 Å². The van der Waals surface area contributed by atoms with Gasteiger partial charge in [-0.2, -0.15) is 0 Å². The molecular formula is C14H19ClN2O2S. The number of halogens is 1. The number of nitrogens with zero attached hydrogens (tertiary/aromatic N) is 2. The third kappa shape index (κ3) is 3.34. The molecular weight excluding hydrogens is 296 g/mol. The molecule has 0 N–H and O–H groups in total. The summed E-state index contributed by atoms with van der Waals surface area (Å²) < 4.78 is 6.32. The van der Waals surface area contributed by atoms with Crippen molar-refractivity contribution in [3.8, 4) is 0 Å². The van der Waals surface area contributed by atoms with Crippen molar-refractivity contribution in [3.05, 3.63) is 21.3 Å². The molecule has 2 aliphatic rings. The van der Waals surface area contributed by atoms with E-state index >= 15 is 0 Å². The molecule has 1 amide bonds. The van der Waals surface area contributed by atoms with Crippen molar-refractivity contribution in [2.24, 2.45) is 0 Å². The first-order valence-electron chi connectivity index (χ1n) is 7.09. The second kappa shape index (κ2) is 6.43. The molecule has 3 heterocycles. The Morgan fingerprint density at radius 2 is 2.15 bits per heavy atom. The van der Waals surface area contributed by atoms with Gasteiger partial charge in [-0.1, -0.05) is 11.6 Å². The number of hydrogen-bond donors (Lipinski definition) is 0. The SMILES string of the molecule is O=C(C1CCCO1)N1CCN(Cc2ccc(Cl)s2)CC1. The number of piperazine rings is 1. The fourth-order valence-corrected chi connectivity index (χ4v) is 3.89.